The molecule has 0 saturated heterocycles. The molecular weight excluding hydrogens is 288 g/mol. The molecule has 1 heterocycles. The maximum Gasteiger partial charge on any atom is 0.343 e. The lowest BCUT2D eigenvalue weighted by molar-refractivity contribution is 0.0694. The van der Waals surface area contributed by atoms with Gasteiger partial charge in [0, 0.05) is 10.2 Å². The number of aromatic carboxylic acids is 1. The van der Waals surface area contributed by atoms with Crippen LogP contribution < -0.4 is 5.56 Å². The average molecular weight is 297 g/mol. The van der Waals surface area contributed by atoms with Crippen LogP contribution in [0.5, 0.6) is 0 Å². The van der Waals surface area contributed by atoms with Crippen molar-refractivity contribution in [2.24, 2.45) is 0 Å². The van der Waals surface area contributed by atoms with Crippen molar-refractivity contribution in [3.05, 3.63) is 50.3 Å². The van der Waals surface area contributed by atoms with Crippen LogP contribution in [0.1, 0.15) is 16.1 Å². The quantitative estimate of drug-likeness (QED) is 0.889. The van der Waals surface area contributed by atoms with Crippen molar-refractivity contribution in [2.45, 2.75) is 6.92 Å². The Morgan fingerprint density at radius 1 is 1.35 bits per heavy atom. The molecular formula is C11H9BrN2O3. The molecule has 1 aromatic heterocycles. The predicted molar refractivity (Wildman–Crippen MR) is 65.8 cm³/mol. The van der Waals surface area contributed by atoms with Crippen LogP contribution in [0.25, 0.3) is 5.69 Å². The van der Waals surface area contributed by atoms with Gasteiger partial charge in [0.1, 0.15) is 5.56 Å². The van der Waals surface area contributed by atoms with Crippen molar-refractivity contribution in [1.82, 2.24) is 9.78 Å². The maximum atomic E-state index is 11.9. The Balaban J connectivity index is 2.62. The molecule has 2 aromatic rings. The second-order valence-corrected chi connectivity index (χ2v) is 4.45. The van der Waals surface area contributed by atoms with E-state index in [2.05, 4.69) is 21.0 Å². The number of aromatic nitrogens is 2. The van der Waals surface area contributed by atoms with E-state index >= 15 is 0 Å². The largest absolute Gasteiger partial charge is 0.477 e. The number of benzene rings is 1. The summed E-state index contributed by atoms with van der Waals surface area (Å²) in [6, 6.07) is 6.98. The van der Waals surface area contributed by atoms with Crippen molar-refractivity contribution in [3.8, 4) is 5.69 Å². The van der Waals surface area contributed by atoms with Crippen molar-refractivity contribution in [1.29, 1.82) is 0 Å². The molecule has 88 valence electrons. The molecule has 0 amide bonds. The highest BCUT2D eigenvalue weighted by atomic mass is 79.9. The zero-order chi connectivity index (χ0) is 12.6. The van der Waals surface area contributed by atoms with E-state index < -0.39 is 11.5 Å². The number of carbonyl (C=O) groups is 1. The average Bonchev–Trinajstić information content (AvgIpc) is 2.55. The summed E-state index contributed by atoms with van der Waals surface area (Å²) in [5.41, 5.74) is 0.143. The van der Waals surface area contributed by atoms with Crippen molar-refractivity contribution < 1.29 is 9.90 Å². The van der Waals surface area contributed by atoms with Crippen molar-refractivity contribution >= 4 is 21.9 Å². The van der Waals surface area contributed by atoms with E-state index in [0.717, 1.165) is 4.47 Å². The molecule has 0 atom stereocenters. The van der Waals surface area contributed by atoms with Crippen LogP contribution in [0.4, 0.5) is 0 Å². The number of carboxylic acids is 1. The molecule has 0 aliphatic carbocycles. The molecule has 0 aliphatic rings. The molecule has 0 fully saturated rings. The van der Waals surface area contributed by atoms with Crippen LogP contribution in [-0.2, 0) is 0 Å². The van der Waals surface area contributed by atoms with Gasteiger partial charge in [-0.15, -0.1) is 0 Å². The minimum atomic E-state index is -1.22. The summed E-state index contributed by atoms with van der Waals surface area (Å²) in [4.78, 5) is 22.8. The Kier molecular flexibility index (Phi) is 2.89. The summed E-state index contributed by atoms with van der Waals surface area (Å²) in [7, 11) is 0. The van der Waals surface area contributed by atoms with E-state index in [1.807, 2.05) is 0 Å². The second-order valence-electron chi connectivity index (χ2n) is 3.53. The van der Waals surface area contributed by atoms with E-state index in [-0.39, 0.29) is 5.56 Å². The summed E-state index contributed by atoms with van der Waals surface area (Å²) in [5.74, 6) is -1.22. The molecule has 2 rings (SSSR count). The third-order valence-corrected chi connectivity index (χ3v) is 2.90. The number of carboxylic acid groups (broad SMARTS) is 1. The number of rotatable bonds is 2. The van der Waals surface area contributed by atoms with Crippen LogP contribution in [0.2, 0.25) is 0 Å². The summed E-state index contributed by atoms with van der Waals surface area (Å²) in [6.07, 6.45) is 0. The number of hydrogen-bond donors (Lipinski definition) is 2. The molecule has 0 radical (unpaired) electrons. The molecule has 0 saturated carbocycles. The van der Waals surface area contributed by atoms with Crippen LogP contribution in [0.3, 0.4) is 0 Å². The van der Waals surface area contributed by atoms with Gasteiger partial charge in [-0.05, 0) is 31.2 Å². The smallest absolute Gasteiger partial charge is 0.343 e. The molecule has 0 spiro atoms. The molecule has 0 bridgehead atoms. The SMILES string of the molecule is Cc1[nH]n(-c2ccc(Br)cc2)c(=O)c1C(=O)O. The molecule has 1 aromatic carbocycles. The molecule has 17 heavy (non-hydrogen) atoms. The third kappa shape index (κ3) is 2.03. The highest BCUT2D eigenvalue weighted by Crippen LogP contribution is 2.13. The number of nitrogens with one attached hydrogen (secondary N) is 1. The Morgan fingerprint density at radius 2 is 1.94 bits per heavy atom. The number of halogens is 1. The predicted octanol–water partition coefficient (Wildman–Crippen LogP) is 1.93. The van der Waals surface area contributed by atoms with Gasteiger partial charge in [0.05, 0.1) is 5.69 Å². The number of aromatic amines is 1. The number of hydrogen-bond acceptors (Lipinski definition) is 2. The Morgan fingerprint density at radius 3 is 2.41 bits per heavy atom. The number of aryl methyl sites for hydroxylation is 1. The summed E-state index contributed by atoms with van der Waals surface area (Å²) >= 11 is 3.29. The first kappa shape index (κ1) is 11.7. The van der Waals surface area contributed by atoms with Crippen LogP contribution in [-0.4, -0.2) is 20.9 Å². The van der Waals surface area contributed by atoms with Crippen molar-refractivity contribution in [3.63, 3.8) is 0 Å². The van der Waals surface area contributed by atoms with Gasteiger partial charge in [-0.2, -0.15) is 0 Å². The molecule has 6 heteroatoms. The fraction of sp³-hybridized carbons (Fsp3) is 0.0909. The normalized spacial score (nSPS) is 10.5. The summed E-state index contributed by atoms with van der Waals surface area (Å²) < 4.78 is 2.10. The summed E-state index contributed by atoms with van der Waals surface area (Å²) in [5, 5.41) is 11.6. The van der Waals surface area contributed by atoms with E-state index in [0.29, 0.717) is 11.4 Å². The fourth-order valence-electron chi connectivity index (χ4n) is 1.57. The molecule has 0 unspecified atom stereocenters. The second kappa shape index (κ2) is 4.21. The minimum Gasteiger partial charge on any atom is -0.477 e. The topological polar surface area (TPSA) is 75.1 Å². The lowest BCUT2D eigenvalue weighted by Crippen LogP contribution is -2.20. The van der Waals surface area contributed by atoms with Crippen LogP contribution >= 0.6 is 15.9 Å². The van der Waals surface area contributed by atoms with Gasteiger partial charge in [0.15, 0.2) is 0 Å². The monoisotopic (exact) mass is 296 g/mol. The van der Waals surface area contributed by atoms with Gasteiger partial charge >= 0.3 is 5.97 Å². The van der Waals surface area contributed by atoms with Gasteiger partial charge in [0.25, 0.3) is 5.56 Å². The van der Waals surface area contributed by atoms with E-state index in [4.69, 9.17) is 5.11 Å². The van der Waals surface area contributed by atoms with Crippen molar-refractivity contribution in [2.75, 3.05) is 0 Å². The highest BCUT2D eigenvalue weighted by molar-refractivity contribution is 9.10. The first-order valence-electron chi connectivity index (χ1n) is 4.81. The summed E-state index contributed by atoms with van der Waals surface area (Å²) in [6.45, 7) is 1.56. The molecule has 2 N–H and O–H groups in total. The fourth-order valence-corrected chi connectivity index (χ4v) is 1.83. The lowest BCUT2D eigenvalue weighted by atomic mass is 10.2. The molecule has 0 aliphatic heterocycles. The Bertz CT molecular complexity index is 625. The molecule has 5 nitrogen and oxygen atoms in total. The van der Waals surface area contributed by atoms with Gasteiger partial charge in [-0.1, -0.05) is 15.9 Å². The maximum absolute atomic E-state index is 11.9. The van der Waals surface area contributed by atoms with E-state index in [1.54, 1.807) is 31.2 Å². The zero-order valence-corrected chi connectivity index (χ0v) is 10.5. The van der Waals surface area contributed by atoms with Gasteiger partial charge in [-0.3, -0.25) is 9.89 Å². The lowest BCUT2D eigenvalue weighted by Gasteiger charge is -2.00. The van der Waals surface area contributed by atoms with Crippen LogP contribution in [0, 0.1) is 6.92 Å². The Labute approximate surface area is 105 Å². The van der Waals surface area contributed by atoms with Crippen LogP contribution in [0.15, 0.2) is 33.5 Å². The number of nitrogens with zero attached hydrogens (tertiary/aromatic N) is 1. The van der Waals surface area contributed by atoms with Gasteiger partial charge in [-0.25, -0.2) is 9.48 Å². The zero-order valence-electron chi connectivity index (χ0n) is 8.90. The number of H-pyrrole nitrogens is 1. The van der Waals surface area contributed by atoms with E-state index in [1.165, 1.54) is 4.68 Å². The minimum absolute atomic E-state index is 0.229. The van der Waals surface area contributed by atoms with E-state index in [9.17, 15) is 9.59 Å². The first-order chi connectivity index (χ1) is 8.00. The van der Waals surface area contributed by atoms with Gasteiger partial charge in [0.2, 0.25) is 0 Å². The van der Waals surface area contributed by atoms with Gasteiger partial charge < -0.3 is 5.11 Å². The standard InChI is InChI=1S/C11H9BrN2O3/c1-6-9(11(16)17)10(15)14(13-6)8-4-2-7(12)3-5-8/h2-5,13H,1H3,(H,16,17). The third-order valence-electron chi connectivity index (χ3n) is 2.37. The Hall–Kier alpha value is -1.82. The highest BCUT2D eigenvalue weighted by Gasteiger charge is 2.18. The first-order valence-corrected chi connectivity index (χ1v) is 5.61.